The molecule has 1 unspecified atom stereocenters. The first-order chi connectivity index (χ1) is 13.9. The quantitative estimate of drug-likeness (QED) is 0.724. The van der Waals surface area contributed by atoms with E-state index in [9.17, 15) is 12.8 Å². The number of hydrogen-bond donors (Lipinski definition) is 0. The third kappa shape index (κ3) is 4.57. The van der Waals surface area contributed by atoms with Crippen LogP contribution in [0.15, 0.2) is 48.3 Å². The summed E-state index contributed by atoms with van der Waals surface area (Å²) in [6.45, 7) is 3.98. The molecule has 1 aliphatic carbocycles. The highest BCUT2D eigenvalue weighted by atomic mass is 32.2. The van der Waals surface area contributed by atoms with E-state index in [1.54, 1.807) is 0 Å². The van der Waals surface area contributed by atoms with Crippen molar-refractivity contribution in [3.63, 3.8) is 0 Å². The lowest BCUT2D eigenvalue weighted by molar-refractivity contribution is 0.381. The van der Waals surface area contributed by atoms with Gasteiger partial charge in [0.1, 0.15) is 11.7 Å². The summed E-state index contributed by atoms with van der Waals surface area (Å²) in [6.07, 6.45) is 4.88. The molecule has 1 aromatic heterocycles. The summed E-state index contributed by atoms with van der Waals surface area (Å²) in [5, 5.41) is 0.142. The lowest BCUT2D eigenvalue weighted by atomic mass is 10.1. The van der Waals surface area contributed by atoms with E-state index in [2.05, 4.69) is 45.4 Å². The Morgan fingerprint density at radius 1 is 1.17 bits per heavy atom. The number of benzene rings is 1. The average Bonchev–Trinajstić information content (AvgIpc) is 3.19. The Hall–Kier alpha value is -2.10. The molecule has 2 aliphatic rings. The van der Waals surface area contributed by atoms with E-state index in [1.807, 2.05) is 0 Å². The maximum atomic E-state index is 13.1. The molecule has 1 fully saturated rings. The van der Waals surface area contributed by atoms with Gasteiger partial charge in [-0.1, -0.05) is 35.9 Å². The molecule has 6 nitrogen and oxygen atoms in total. The van der Waals surface area contributed by atoms with Crippen LogP contribution in [0.1, 0.15) is 23.4 Å². The number of allylic oxidation sites excluding steroid dienone is 3. The van der Waals surface area contributed by atoms with Crippen molar-refractivity contribution in [1.29, 1.82) is 0 Å². The van der Waals surface area contributed by atoms with Gasteiger partial charge >= 0.3 is 0 Å². The molecule has 1 aliphatic heterocycles. The summed E-state index contributed by atoms with van der Waals surface area (Å²) < 4.78 is 44.7. The molecule has 1 atom stereocenters. The summed E-state index contributed by atoms with van der Waals surface area (Å²) in [5.41, 5.74) is 2.39. The Kier molecular flexibility index (Phi) is 5.80. The van der Waals surface area contributed by atoms with Crippen LogP contribution in [0.5, 0.6) is 0 Å². The number of hydrogen-bond acceptors (Lipinski definition) is 6. The SMILES string of the molecule is Cc1ccc(Cc2nsc(N3CCN(S(=O)(=O)C4C=CC(F)=CC4)CC3)n2)cc1. The largest absolute Gasteiger partial charge is 0.344 e. The molecule has 0 radical (unpaired) electrons. The van der Waals surface area contributed by atoms with Crippen molar-refractivity contribution in [2.24, 2.45) is 0 Å². The van der Waals surface area contributed by atoms with Gasteiger partial charge in [0.15, 0.2) is 0 Å². The Bertz CT molecular complexity index is 1020. The molecule has 29 heavy (non-hydrogen) atoms. The summed E-state index contributed by atoms with van der Waals surface area (Å²) in [7, 11) is -3.48. The van der Waals surface area contributed by atoms with Crippen molar-refractivity contribution in [2.75, 3.05) is 31.1 Å². The maximum absolute atomic E-state index is 13.1. The van der Waals surface area contributed by atoms with E-state index in [4.69, 9.17) is 0 Å². The van der Waals surface area contributed by atoms with E-state index in [0.717, 1.165) is 11.0 Å². The summed E-state index contributed by atoms with van der Waals surface area (Å²) >= 11 is 1.35. The molecule has 0 N–H and O–H groups in total. The van der Waals surface area contributed by atoms with Gasteiger partial charge in [-0.05, 0) is 31.1 Å². The Balaban J connectivity index is 1.36. The Morgan fingerprint density at radius 3 is 2.55 bits per heavy atom. The minimum atomic E-state index is -3.48. The highest BCUT2D eigenvalue weighted by Crippen LogP contribution is 2.25. The third-order valence-electron chi connectivity index (χ3n) is 5.21. The van der Waals surface area contributed by atoms with Crippen molar-refractivity contribution in [3.8, 4) is 0 Å². The predicted molar refractivity (Wildman–Crippen MR) is 113 cm³/mol. The van der Waals surface area contributed by atoms with Crippen LogP contribution in [0.3, 0.4) is 0 Å². The van der Waals surface area contributed by atoms with Crippen LogP contribution < -0.4 is 4.90 Å². The zero-order valence-electron chi connectivity index (χ0n) is 16.2. The number of aryl methyl sites for hydroxylation is 1. The number of halogens is 1. The second-order valence-electron chi connectivity index (χ2n) is 7.31. The Morgan fingerprint density at radius 2 is 1.90 bits per heavy atom. The minimum absolute atomic E-state index is 0.184. The van der Waals surface area contributed by atoms with Gasteiger partial charge in [0, 0.05) is 44.1 Å². The number of nitrogens with zero attached hydrogens (tertiary/aromatic N) is 4. The molecule has 4 rings (SSSR count). The normalized spacial score (nSPS) is 20.7. The topological polar surface area (TPSA) is 66.4 Å². The monoisotopic (exact) mass is 434 g/mol. The summed E-state index contributed by atoms with van der Waals surface area (Å²) in [4.78, 5) is 6.72. The van der Waals surface area contributed by atoms with Gasteiger partial charge in [-0.15, -0.1) is 0 Å². The number of aromatic nitrogens is 2. The van der Waals surface area contributed by atoms with E-state index < -0.39 is 15.3 Å². The van der Waals surface area contributed by atoms with Crippen LogP contribution in [0.25, 0.3) is 0 Å². The maximum Gasteiger partial charge on any atom is 0.221 e. The number of piperazine rings is 1. The highest BCUT2D eigenvalue weighted by molar-refractivity contribution is 7.89. The fourth-order valence-corrected chi connectivity index (χ4v) is 5.86. The van der Waals surface area contributed by atoms with Gasteiger partial charge in [0.2, 0.25) is 15.2 Å². The fraction of sp³-hybridized carbons (Fsp3) is 0.400. The molecule has 0 bridgehead atoms. The Labute approximate surface area is 174 Å². The fourth-order valence-electron chi connectivity index (χ4n) is 3.45. The lowest BCUT2D eigenvalue weighted by Crippen LogP contribution is -2.51. The summed E-state index contributed by atoms with van der Waals surface area (Å²) in [6, 6.07) is 8.32. The van der Waals surface area contributed by atoms with Crippen LogP contribution >= 0.6 is 11.5 Å². The first kappa shape index (κ1) is 20.2. The van der Waals surface area contributed by atoms with E-state index in [1.165, 1.54) is 45.2 Å². The average molecular weight is 435 g/mol. The van der Waals surface area contributed by atoms with Crippen molar-refractivity contribution >= 4 is 26.7 Å². The molecule has 2 aromatic rings. The van der Waals surface area contributed by atoms with Crippen LogP contribution in [-0.4, -0.2) is 53.5 Å². The molecule has 154 valence electrons. The molecular weight excluding hydrogens is 411 g/mol. The molecule has 1 saturated heterocycles. The molecule has 0 amide bonds. The standard InChI is InChI=1S/C20H23FN4O2S2/c1-15-2-4-16(5-3-15)14-19-22-20(28-23-19)24-10-12-25(13-11-24)29(26,27)18-8-6-17(21)7-9-18/h2-8,18H,9-14H2,1H3. The van der Waals surface area contributed by atoms with Gasteiger partial charge in [-0.2, -0.15) is 8.68 Å². The van der Waals surface area contributed by atoms with E-state index >= 15 is 0 Å². The molecule has 0 saturated carbocycles. The molecule has 0 spiro atoms. The number of anilines is 1. The summed E-state index contributed by atoms with van der Waals surface area (Å²) in [5.74, 6) is 0.407. The van der Waals surface area contributed by atoms with Gasteiger partial charge in [0.25, 0.3) is 0 Å². The van der Waals surface area contributed by atoms with Gasteiger partial charge in [-0.25, -0.2) is 17.8 Å². The van der Waals surface area contributed by atoms with Crippen molar-refractivity contribution in [2.45, 2.75) is 25.0 Å². The number of rotatable bonds is 5. The van der Waals surface area contributed by atoms with E-state index in [0.29, 0.717) is 32.6 Å². The second kappa shape index (κ2) is 8.33. The zero-order valence-corrected chi connectivity index (χ0v) is 17.8. The lowest BCUT2D eigenvalue weighted by Gasteiger charge is -2.35. The van der Waals surface area contributed by atoms with Crippen molar-refractivity contribution in [1.82, 2.24) is 13.7 Å². The predicted octanol–water partition coefficient (Wildman–Crippen LogP) is 3.07. The van der Waals surface area contributed by atoms with Crippen LogP contribution in [0, 0.1) is 6.92 Å². The molecular formula is C20H23FN4O2S2. The molecule has 1 aromatic carbocycles. The van der Waals surface area contributed by atoms with Crippen molar-refractivity contribution in [3.05, 3.63) is 65.3 Å². The van der Waals surface area contributed by atoms with Gasteiger partial charge < -0.3 is 4.90 Å². The van der Waals surface area contributed by atoms with Gasteiger partial charge in [0.05, 0.1) is 5.25 Å². The highest BCUT2D eigenvalue weighted by Gasteiger charge is 2.33. The number of sulfonamides is 1. The minimum Gasteiger partial charge on any atom is -0.344 e. The van der Waals surface area contributed by atoms with Crippen molar-refractivity contribution < 1.29 is 12.8 Å². The van der Waals surface area contributed by atoms with Crippen LogP contribution in [0.2, 0.25) is 0 Å². The van der Waals surface area contributed by atoms with Crippen LogP contribution in [0.4, 0.5) is 9.52 Å². The first-order valence-corrected chi connectivity index (χ1v) is 11.9. The molecule has 9 heteroatoms. The van der Waals surface area contributed by atoms with E-state index in [-0.39, 0.29) is 12.2 Å². The first-order valence-electron chi connectivity index (χ1n) is 9.58. The van der Waals surface area contributed by atoms with Crippen LogP contribution in [-0.2, 0) is 16.4 Å². The second-order valence-corrected chi connectivity index (χ2v) is 10.2. The van der Waals surface area contributed by atoms with Gasteiger partial charge in [-0.3, -0.25) is 0 Å². The third-order valence-corrected chi connectivity index (χ3v) is 8.22. The zero-order chi connectivity index (χ0) is 20.4. The molecule has 2 heterocycles. The smallest absolute Gasteiger partial charge is 0.221 e.